The minimum absolute atomic E-state index is 1.26. The van der Waals surface area contributed by atoms with Gasteiger partial charge in [0.05, 0.1) is 0 Å². The summed E-state index contributed by atoms with van der Waals surface area (Å²) < 4.78 is 0. The summed E-state index contributed by atoms with van der Waals surface area (Å²) in [6, 6.07) is 0. The van der Waals surface area contributed by atoms with Gasteiger partial charge in [0.2, 0.25) is 0 Å². The average molecular weight is 180 g/mol. The smallest absolute Gasteiger partial charge is 0.00961 e. The second kappa shape index (κ2) is 16.4. The Balaban J connectivity index is 0. The van der Waals surface area contributed by atoms with Crippen molar-refractivity contribution in [2.24, 2.45) is 0 Å². The summed E-state index contributed by atoms with van der Waals surface area (Å²) in [5.41, 5.74) is 0. The van der Waals surface area contributed by atoms with Crippen molar-refractivity contribution in [1.82, 2.24) is 0 Å². The third kappa shape index (κ3) is 23.4. The molecule has 0 amide bonds. The highest BCUT2D eigenvalue weighted by molar-refractivity contribution is 7.99. The van der Waals surface area contributed by atoms with E-state index in [9.17, 15) is 0 Å². The lowest BCUT2D eigenvalue weighted by molar-refractivity contribution is 1.46. The van der Waals surface area contributed by atoms with Crippen LogP contribution >= 0.6 is 23.5 Å². The van der Waals surface area contributed by atoms with E-state index < -0.39 is 0 Å². The quantitative estimate of drug-likeness (QED) is 0.649. The van der Waals surface area contributed by atoms with E-state index in [0.717, 1.165) is 0 Å². The van der Waals surface area contributed by atoms with Crippen molar-refractivity contribution >= 4 is 23.5 Å². The van der Waals surface area contributed by atoms with Crippen LogP contribution in [0.25, 0.3) is 0 Å². The molecule has 0 heterocycles. The molecule has 0 saturated heterocycles. The summed E-state index contributed by atoms with van der Waals surface area (Å²) in [4.78, 5) is 0. The van der Waals surface area contributed by atoms with E-state index in [2.05, 4.69) is 27.7 Å². The van der Waals surface area contributed by atoms with Gasteiger partial charge in [-0.15, -0.1) is 0 Å². The first-order valence-corrected chi connectivity index (χ1v) is 6.29. The molecule has 0 aromatic rings. The lowest BCUT2D eigenvalue weighted by Crippen LogP contribution is -1.64. The standard InChI is InChI=1S/2C4H10S/c2*1-3-5-4-2/h2*3-4H2,1-2H3. The summed E-state index contributed by atoms with van der Waals surface area (Å²) in [7, 11) is 0. The van der Waals surface area contributed by atoms with E-state index in [1.807, 2.05) is 23.5 Å². The number of thioether (sulfide) groups is 2. The molecule has 0 aliphatic rings. The molecule has 0 aliphatic carbocycles. The molecule has 0 aromatic heterocycles. The predicted molar refractivity (Wildman–Crippen MR) is 57.3 cm³/mol. The monoisotopic (exact) mass is 180 g/mol. The number of rotatable bonds is 4. The Bertz CT molecular complexity index is 28.2. The third-order valence-electron chi connectivity index (χ3n) is 0.816. The molecule has 0 aromatic carbocycles. The van der Waals surface area contributed by atoms with Gasteiger partial charge in [0.1, 0.15) is 0 Å². The van der Waals surface area contributed by atoms with Crippen LogP contribution in [0.15, 0.2) is 0 Å². The normalized spacial score (nSPS) is 8.40. The Labute approximate surface area is 74.5 Å². The first kappa shape index (κ1) is 13.3. The van der Waals surface area contributed by atoms with Gasteiger partial charge in [0, 0.05) is 0 Å². The fourth-order valence-electron chi connectivity index (χ4n) is 0.408. The maximum atomic E-state index is 2.17. The average Bonchev–Trinajstić information content (AvgIpc) is 1.93. The Morgan fingerprint density at radius 2 is 0.800 bits per heavy atom. The van der Waals surface area contributed by atoms with E-state index in [0.29, 0.717) is 0 Å². The van der Waals surface area contributed by atoms with E-state index in [1.165, 1.54) is 23.0 Å². The molecule has 64 valence electrons. The maximum absolute atomic E-state index is 2.17. The Morgan fingerprint density at radius 1 is 0.600 bits per heavy atom. The van der Waals surface area contributed by atoms with E-state index >= 15 is 0 Å². The van der Waals surface area contributed by atoms with Gasteiger partial charge in [0.25, 0.3) is 0 Å². The molecule has 0 saturated carbocycles. The van der Waals surface area contributed by atoms with Gasteiger partial charge in [-0.1, -0.05) is 27.7 Å². The van der Waals surface area contributed by atoms with E-state index in [-0.39, 0.29) is 0 Å². The van der Waals surface area contributed by atoms with Crippen LogP contribution in [0.1, 0.15) is 27.7 Å². The van der Waals surface area contributed by atoms with Gasteiger partial charge >= 0.3 is 0 Å². The van der Waals surface area contributed by atoms with Crippen LogP contribution < -0.4 is 0 Å². The fraction of sp³-hybridized carbons (Fsp3) is 1.00. The van der Waals surface area contributed by atoms with Crippen molar-refractivity contribution in [2.75, 3.05) is 23.0 Å². The van der Waals surface area contributed by atoms with E-state index in [4.69, 9.17) is 0 Å². The molecule has 10 heavy (non-hydrogen) atoms. The van der Waals surface area contributed by atoms with Crippen LogP contribution in [-0.2, 0) is 0 Å². The summed E-state index contributed by atoms with van der Waals surface area (Å²) in [6.45, 7) is 8.70. The van der Waals surface area contributed by atoms with Crippen molar-refractivity contribution in [3.8, 4) is 0 Å². The molecule has 0 unspecified atom stereocenters. The Kier molecular flexibility index (Phi) is 21.8. The van der Waals surface area contributed by atoms with Crippen LogP contribution in [0.4, 0.5) is 0 Å². The summed E-state index contributed by atoms with van der Waals surface area (Å²) in [6.07, 6.45) is 0. The second-order valence-corrected chi connectivity index (χ2v) is 4.69. The maximum Gasteiger partial charge on any atom is -0.00961 e. The highest BCUT2D eigenvalue weighted by atomic mass is 32.2. The first-order valence-electron chi connectivity index (χ1n) is 3.98. The largest absolute Gasteiger partial charge is 0.163 e. The zero-order chi connectivity index (χ0) is 8.24. The molecule has 0 atom stereocenters. The van der Waals surface area contributed by atoms with Crippen LogP contribution in [0.3, 0.4) is 0 Å². The molecule has 0 nitrogen and oxygen atoms in total. The summed E-state index contributed by atoms with van der Waals surface area (Å²) in [5, 5.41) is 0. The molecule has 2 heteroatoms. The molecule has 0 radical (unpaired) electrons. The summed E-state index contributed by atoms with van der Waals surface area (Å²) in [5.74, 6) is 5.04. The lowest BCUT2D eigenvalue weighted by Gasteiger charge is -1.80. The van der Waals surface area contributed by atoms with Crippen LogP contribution in [-0.4, -0.2) is 23.0 Å². The zero-order valence-electron chi connectivity index (χ0n) is 7.64. The van der Waals surface area contributed by atoms with E-state index in [1.54, 1.807) is 0 Å². The topological polar surface area (TPSA) is 0 Å². The minimum atomic E-state index is 1.26. The van der Waals surface area contributed by atoms with Gasteiger partial charge in [-0.25, -0.2) is 0 Å². The molecule has 0 rings (SSSR count). The molecule has 0 bridgehead atoms. The number of hydrogen-bond acceptors (Lipinski definition) is 2. The molecule has 0 N–H and O–H groups in total. The zero-order valence-corrected chi connectivity index (χ0v) is 9.28. The third-order valence-corrected chi connectivity index (χ3v) is 2.45. The lowest BCUT2D eigenvalue weighted by atomic mass is 11.0. The van der Waals surface area contributed by atoms with Gasteiger partial charge in [-0.05, 0) is 23.0 Å². The van der Waals surface area contributed by atoms with Crippen molar-refractivity contribution in [3.05, 3.63) is 0 Å². The van der Waals surface area contributed by atoms with Crippen molar-refractivity contribution in [2.45, 2.75) is 27.7 Å². The van der Waals surface area contributed by atoms with Crippen LogP contribution in [0.2, 0.25) is 0 Å². The Hall–Kier alpha value is 0.700. The Morgan fingerprint density at radius 3 is 0.800 bits per heavy atom. The van der Waals surface area contributed by atoms with Gasteiger partial charge in [-0.3, -0.25) is 0 Å². The second-order valence-electron chi connectivity index (χ2n) is 1.56. The SMILES string of the molecule is CCSCC.CCSCC. The van der Waals surface area contributed by atoms with Crippen LogP contribution in [0.5, 0.6) is 0 Å². The number of hydrogen-bond donors (Lipinski definition) is 0. The summed E-state index contributed by atoms with van der Waals surface area (Å²) >= 11 is 3.93. The van der Waals surface area contributed by atoms with Gasteiger partial charge in [0.15, 0.2) is 0 Å². The first-order chi connectivity index (χ1) is 4.83. The predicted octanol–water partition coefficient (Wildman–Crippen LogP) is 3.52. The van der Waals surface area contributed by atoms with Crippen molar-refractivity contribution in [1.29, 1.82) is 0 Å². The van der Waals surface area contributed by atoms with Crippen LogP contribution in [0, 0.1) is 0 Å². The minimum Gasteiger partial charge on any atom is -0.163 e. The molecule has 0 spiro atoms. The fourth-order valence-corrected chi connectivity index (χ4v) is 1.22. The van der Waals surface area contributed by atoms with Gasteiger partial charge < -0.3 is 0 Å². The van der Waals surface area contributed by atoms with Gasteiger partial charge in [-0.2, -0.15) is 23.5 Å². The molecular weight excluding hydrogens is 160 g/mol. The highest BCUT2D eigenvalue weighted by Crippen LogP contribution is 1.93. The molecule has 0 aliphatic heterocycles. The van der Waals surface area contributed by atoms with Crippen molar-refractivity contribution in [3.63, 3.8) is 0 Å². The molecule has 0 fully saturated rings. The van der Waals surface area contributed by atoms with Crippen molar-refractivity contribution < 1.29 is 0 Å². The highest BCUT2D eigenvalue weighted by Gasteiger charge is 1.67. The molecular formula is C8H20S2.